The third-order valence-electron chi connectivity index (χ3n) is 6.80. The largest absolute Gasteiger partial charge is 0.404 e. The first-order valence-corrected chi connectivity index (χ1v) is 19.6. The number of halogens is 4. The van der Waals surface area contributed by atoms with Crippen LogP contribution in [0.4, 0.5) is 17.6 Å². The summed E-state index contributed by atoms with van der Waals surface area (Å²) in [5.74, 6) is 0. The van der Waals surface area contributed by atoms with Crippen molar-refractivity contribution in [1.29, 1.82) is 0 Å². The van der Waals surface area contributed by atoms with Gasteiger partial charge in [0, 0.05) is 29.6 Å². The molecule has 0 aliphatic heterocycles. The van der Waals surface area contributed by atoms with Gasteiger partial charge in [-0.25, -0.2) is 8.42 Å². The van der Waals surface area contributed by atoms with Crippen molar-refractivity contribution in [3.05, 3.63) is 112 Å². The maximum Gasteiger partial charge on any atom is 0.404 e. The molecule has 0 aliphatic carbocycles. The molecule has 0 N–H and O–H groups in total. The Labute approximate surface area is 279 Å². The quantitative estimate of drug-likeness (QED) is 0.0886. The molecular weight excluding hydrogens is 696 g/mol. The lowest BCUT2D eigenvalue weighted by Crippen LogP contribution is -2.28. The number of benzene rings is 3. The summed E-state index contributed by atoms with van der Waals surface area (Å²) < 4.78 is 134. The van der Waals surface area contributed by atoms with Crippen LogP contribution < -0.4 is 0 Å². The van der Waals surface area contributed by atoms with Gasteiger partial charge >= 0.3 is 26.5 Å². The third kappa shape index (κ3) is 9.31. The van der Waals surface area contributed by atoms with Crippen LogP contribution >= 0.6 is 15.2 Å². The van der Waals surface area contributed by atoms with E-state index < -0.39 is 47.7 Å². The second-order valence-corrected chi connectivity index (χ2v) is 16.1. The number of alkyl halides is 4. The average Bonchev–Trinajstić information content (AvgIpc) is 3.05. The van der Waals surface area contributed by atoms with Gasteiger partial charge in [0.2, 0.25) is 10.0 Å². The first-order chi connectivity index (χ1) is 22.6. The number of sulfonamides is 1. The van der Waals surface area contributed by atoms with Crippen molar-refractivity contribution >= 4 is 31.3 Å². The predicted molar refractivity (Wildman–Crippen MR) is 176 cm³/mol. The Morgan fingerprint density at radius 1 is 0.625 bits per heavy atom. The molecule has 3 aromatic rings. The summed E-state index contributed by atoms with van der Waals surface area (Å²) in [5, 5.41) is 0.980. The van der Waals surface area contributed by atoms with E-state index in [9.17, 15) is 17.5 Å². The highest BCUT2D eigenvalue weighted by atomic mass is 32.2. The summed E-state index contributed by atoms with van der Waals surface area (Å²) in [6.07, 6.45) is 1.38. The van der Waals surface area contributed by atoms with Crippen LogP contribution in [-0.2, 0) is 61.7 Å². The maximum absolute atomic E-state index is 15.3. The van der Waals surface area contributed by atoms with Crippen LogP contribution in [-0.4, -0.2) is 39.2 Å². The number of rotatable bonds is 19. The molecule has 0 fully saturated rings. The fourth-order valence-electron chi connectivity index (χ4n) is 4.47. The molecule has 0 spiro atoms. The number of hydrogen-bond acceptors (Lipinski definition) is 8. The van der Waals surface area contributed by atoms with Crippen LogP contribution in [0, 0.1) is 0 Å². The topological polar surface area (TPSA) is 108 Å². The van der Waals surface area contributed by atoms with Gasteiger partial charge in [-0.1, -0.05) is 78.9 Å². The van der Waals surface area contributed by atoms with Crippen LogP contribution in [0.2, 0.25) is 0 Å². The second-order valence-electron chi connectivity index (χ2n) is 10.2. The van der Waals surface area contributed by atoms with Crippen LogP contribution in [0.5, 0.6) is 0 Å². The highest BCUT2D eigenvalue weighted by Gasteiger charge is 2.55. The minimum absolute atomic E-state index is 0.273. The Morgan fingerprint density at radius 3 is 1.31 bits per heavy atom. The van der Waals surface area contributed by atoms with Gasteiger partial charge < -0.3 is 18.1 Å². The Bertz CT molecular complexity index is 1600. The van der Waals surface area contributed by atoms with Crippen molar-refractivity contribution < 1.29 is 53.2 Å². The van der Waals surface area contributed by atoms with Gasteiger partial charge in [-0.2, -0.15) is 21.9 Å². The fraction of sp³-hybridized carbons (Fsp3) is 0.375. The molecular formula is C32H39F4NO8P2S. The lowest BCUT2D eigenvalue weighted by molar-refractivity contribution is 0.0360. The van der Waals surface area contributed by atoms with Crippen molar-refractivity contribution in [3.8, 4) is 0 Å². The summed E-state index contributed by atoms with van der Waals surface area (Å²) >= 11 is 0. The number of hydrogen-bond donors (Lipinski definition) is 0. The van der Waals surface area contributed by atoms with Crippen LogP contribution in [0.25, 0.3) is 6.08 Å². The summed E-state index contributed by atoms with van der Waals surface area (Å²) in [5.41, 5.74) is -8.08. The van der Waals surface area contributed by atoms with Crippen LogP contribution in [0.3, 0.4) is 0 Å². The van der Waals surface area contributed by atoms with E-state index in [1.165, 1.54) is 58.0 Å². The van der Waals surface area contributed by atoms with Gasteiger partial charge in [0.25, 0.3) is 0 Å². The average molecular weight is 736 g/mol. The number of nitrogens with zero attached hydrogens (tertiary/aromatic N) is 1. The monoisotopic (exact) mass is 735 g/mol. The zero-order valence-corrected chi connectivity index (χ0v) is 29.5. The van der Waals surface area contributed by atoms with Crippen molar-refractivity contribution in [2.24, 2.45) is 0 Å². The zero-order chi connectivity index (χ0) is 35.6. The Morgan fingerprint density at radius 2 is 0.979 bits per heavy atom. The first kappa shape index (κ1) is 39.8. The first-order valence-electron chi connectivity index (χ1n) is 15.0. The maximum atomic E-state index is 15.3. The van der Waals surface area contributed by atoms with Gasteiger partial charge in [-0.05, 0) is 50.5 Å². The molecule has 0 saturated heterocycles. The van der Waals surface area contributed by atoms with Gasteiger partial charge in [0.05, 0.1) is 26.4 Å². The van der Waals surface area contributed by atoms with Crippen molar-refractivity contribution in [1.82, 2.24) is 4.31 Å². The summed E-state index contributed by atoms with van der Waals surface area (Å²) in [6, 6.07) is 17.7. The van der Waals surface area contributed by atoms with Crippen molar-refractivity contribution in [2.75, 3.05) is 26.4 Å². The minimum Gasteiger partial charge on any atom is -0.304 e. The van der Waals surface area contributed by atoms with Crippen LogP contribution in [0.15, 0.2) is 84.3 Å². The van der Waals surface area contributed by atoms with E-state index in [-0.39, 0.29) is 39.5 Å². The molecule has 0 amide bonds. The van der Waals surface area contributed by atoms with Gasteiger partial charge in [0.1, 0.15) is 0 Å². The molecule has 0 saturated carbocycles. The van der Waals surface area contributed by atoms with E-state index >= 15 is 17.6 Å². The van der Waals surface area contributed by atoms with E-state index in [1.54, 1.807) is 30.3 Å². The standard InChI is InChI=1S/C32H39F4NO8P2S/c1-5-42-46(38,43-6-2)31(33,34)29-18-14-27(15-19-29)24-37(48(40,41)23-22-26-12-10-9-11-13-26)25-28-16-20-30(21-17-28)32(35,36)47(39,44-7-3)45-8-4/h9-23H,5-8,24-25H2,1-4H3. The molecule has 0 aromatic heterocycles. The van der Waals surface area contributed by atoms with Gasteiger partial charge in [0.15, 0.2) is 0 Å². The minimum atomic E-state index is -4.87. The van der Waals surface area contributed by atoms with E-state index in [0.29, 0.717) is 16.7 Å². The van der Waals surface area contributed by atoms with E-state index in [0.717, 1.165) is 34.0 Å². The molecule has 264 valence electrons. The zero-order valence-electron chi connectivity index (χ0n) is 26.9. The van der Waals surface area contributed by atoms with E-state index in [2.05, 4.69) is 0 Å². The molecule has 0 aliphatic rings. The smallest absolute Gasteiger partial charge is 0.304 e. The Kier molecular flexibility index (Phi) is 13.9. The highest BCUT2D eigenvalue weighted by Crippen LogP contribution is 2.67. The van der Waals surface area contributed by atoms with Crippen molar-refractivity contribution in [2.45, 2.75) is 52.1 Å². The molecule has 0 heterocycles. The van der Waals surface area contributed by atoms with E-state index in [4.69, 9.17) is 18.1 Å². The third-order valence-corrected chi connectivity index (χ3v) is 12.5. The molecule has 9 nitrogen and oxygen atoms in total. The lowest BCUT2D eigenvalue weighted by Gasteiger charge is -2.26. The second kappa shape index (κ2) is 16.8. The molecule has 16 heteroatoms. The normalized spacial score (nSPS) is 13.4. The van der Waals surface area contributed by atoms with Crippen molar-refractivity contribution in [3.63, 3.8) is 0 Å². The molecule has 0 atom stereocenters. The summed E-state index contributed by atoms with van der Waals surface area (Å²) in [6.45, 7) is 3.94. The molecule has 0 radical (unpaired) electrons. The molecule has 0 unspecified atom stereocenters. The summed E-state index contributed by atoms with van der Waals surface area (Å²) in [7, 11) is -13.9. The molecule has 3 aromatic carbocycles. The Balaban J connectivity index is 1.96. The Hall–Kier alpha value is -2.67. The van der Waals surface area contributed by atoms with Gasteiger partial charge in [-0.3, -0.25) is 9.13 Å². The molecule has 48 heavy (non-hydrogen) atoms. The summed E-state index contributed by atoms with van der Waals surface area (Å²) in [4.78, 5) is 0. The predicted octanol–water partition coefficient (Wildman–Crippen LogP) is 9.32. The highest BCUT2D eigenvalue weighted by molar-refractivity contribution is 7.92. The fourth-order valence-corrected chi connectivity index (χ4v) is 8.72. The SMILES string of the molecule is CCOP(=O)(OCC)C(F)(F)c1ccc(CN(Cc2ccc(C(F)(F)P(=O)(OCC)OCC)cc2)S(=O)(=O)C=Cc2ccccc2)cc1. The lowest BCUT2D eigenvalue weighted by atomic mass is 10.1. The van der Waals surface area contributed by atoms with Gasteiger partial charge in [-0.15, -0.1) is 0 Å². The van der Waals surface area contributed by atoms with E-state index in [1.807, 2.05) is 0 Å². The molecule has 3 rings (SSSR count). The molecule has 0 bridgehead atoms. The van der Waals surface area contributed by atoms with Crippen LogP contribution in [0.1, 0.15) is 55.5 Å².